The molecule has 0 amide bonds. The Morgan fingerprint density at radius 2 is 2.07 bits per heavy atom. The molecule has 1 aliphatic heterocycles. The Kier molecular flexibility index (Phi) is 2.52. The summed E-state index contributed by atoms with van der Waals surface area (Å²) in [6.07, 6.45) is 1.60. The molecule has 1 saturated heterocycles. The van der Waals surface area contributed by atoms with Gasteiger partial charge in [-0.05, 0) is 19.4 Å². The van der Waals surface area contributed by atoms with Crippen molar-refractivity contribution in [2.24, 2.45) is 0 Å². The van der Waals surface area contributed by atoms with Crippen molar-refractivity contribution in [1.29, 1.82) is 0 Å². The molecule has 1 aromatic carbocycles. The molecule has 2 atom stereocenters. The Morgan fingerprint density at radius 1 is 1.36 bits per heavy atom. The molecule has 0 aromatic heterocycles. The average molecular weight is 195 g/mol. The van der Waals surface area contributed by atoms with Crippen molar-refractivity contribution in [2.75, 3.05) is 6.54 Å². The number of benzene rings is 1. The van der Waals surface area contributed by atoms with Gasteiger partial charge in [0, 0.05) is 5.56 Å². The molecule has 0 aliphatic carbocycles. The first-order valence-electron chi connectivity index (χ1n) is 4.91. The SMILES string of the molecule is O[C@@](F)(c1ccccc1)[C@@H]1CCCN1. The summed E-state index contributed by atoms with van der Waals surface area (Å²) in [6, 6.07) is 8.02. The normalized spacial score (nSPS) is 26.0. The number of nitrogens with one attached hydrogen (secondary N) is 1. The van der Waals surface area contributed by atoms with Crippen LogP contribution < -0.4 is 5.32 Å². The maximum Gasteiger partial charge on any atom is 0.248 e. The van der Waals surface area contributed by atoms with E-state index in [0.29, 0.717) is 12.0 Å². The first-order valence-corrected chi connectivity index (χ1v) is 4.91. The van der Waals surface area contributed by atoms with Crippen LogP contribution in [0.4, 0.5) is 4.39 Å². The van der Waals surface area contributed by atoms with E-state index in [0.717, 1.165) is 13.0 Å². The molecule has 76 valence electrons. The molecule has 14 heavy (non-hydrogen) atoms. The Balaban J connectivity index is 2.22. The molecule has 1 heterocycles. The van der Waals surface area contributed by atoms with Gasteiger partial charge in [-0.3, -0.25) is 0 Å². The van der Waals surface area contributed by atoms with Gasteiger partial charge in [-0.25, -0.2) is 4.39 Å². The van der Waals surface area contributed by atoms with Crippen molar-refractivity contribution >= 4 is 0 Å². The molecule has 0 spiro atoms. The molecule has 2 N–H and O–H groups in total. The number of aliphatic hydroxyl groups is 1. The molecule has 1 fully saturated rings. The number of alkyl halides is 1. The van der Waals surface area contributed by atoms with Crippen molar-refractivity contribution in [2.45, 2.75) is 24.7 Å². The number of halogens is 1. The van der Waals surface area contributed by atoms with Crippen molar-refractivity contribution in [1.82, 2.24) is 5.32 Å². The zero-order valence-corrected chi connectivity index (χ0v) is 7.91. The highest BCUT2D eigenvalue weighted by Crippen LogP contribution is 2.30. The van der Waals surface area contributed by atoms with Gasteiger partial charge in [-0.2, -0.15) is 0 Å². The first-order chi connectivity index (χ1) is 6.71. The minimum Gasteiger partial charge on any atom is -0.357 e. The summed E-state index contributed by atoms with van der Waals surface area (Å²) in [4.78, 5) is 0. The predicted octanol–water partition coefficient (Wildman–Crippen LogP) is 1.55. The fourth-order valence-electron chi connectivity index (χ4n) is 1.88. The van der Waals surface area contributed by atoms with E-state index in [1.807, 2.05) is 6.07 Å². The second kappa shape index (κ2) is 3.67. The van der Waals surface area contributed by atoms with Crippen LogP contribution in [-0.4, -0.2) is 17.7 Å². The van der Waals surface area contributed by atoms with Crippen LogP contribution in [0.1, 0.15) is 18.4 Å². The topological polar surface area (TPSA) is 32.3 Å². The smallest absolute Gasteiger partial charge is 0.248 e. The molecule has 2 nitrogen and oxygen atoms in total. The largest absolute Gasteiger partial charge is 0.357 e. The number of hydrogen-bond donors (Lipinski definition) is 2. The Hall–Kier alpha value is -0.930. The van der Waals surface area contributed by atoms with Gasteiger partial charge in [0.25, 0.3) is 0 Å². The maximum absolute atomic E-state index is 14.0. The molecule has 1 aliphatic rings. The van der Waals surface area contributed by atoms with E-state index in [1.165, 1.54) is 0 Å². The molecule has 1 aromatic rings. The van der Waals surface area contributed by atoms with Crippen LogP contribution in [0.5, 0.6) is 0 Å². The second-order valence-electron chi connectivity index (χ2n) is 3.69. The van der Waals surface area contributed by atoms with Crippen molar-refractivity contribution in [3.63, 3.8) is 0 Å². The van der Waals surface area contributed by atoms with Gasteiger partial charge in [0.15, 0.2) is 0 Å². The zero-order chi connectivity index (χ0) is 10.0. The van der Waals surface area contributed by atoms with E-state index in [-0.39, 0.29) is 0 Å². The van der Waals surface area contributed by atoms with E-state index in [9.17, 15) is 9.50 Å². The summed E-state index contributed by atoms with van der Waals surface area (Å²) in [6.45, 7) is 0.781. The molecular weight excluding hydrogens is 181 g/mol. The van der Waals surface area contributed by atoms with Gasteiger partial charge in [0.2, 0.25) is 5.85 Å². The standard InChI is InChI=1S/C11H14FNO/c12-11(14,10-7-4-8-13-10)9-5-2-1-3-6-9/h1-3,5-6,10,13-14H,4,7-8H2/t10-,11-/m0/s1. The lowest BCUT2D eigenvalue weighted by Gasteiger charge is -2.26. The predicted molar refractivity (Wildman–Crippen MR) is 52.5 cm³/mol. The fraction of sp³-hybridized carbons (Fsp3) is 0.455. The van der Waals surface area contributed by atoms with Crippen LogP contribution in [-0.2, 0) is 5.85 Å². The highest BCUT2D eigenvalue weighted by atomic mass is 19.2. The third-order valence-corrected chi connectivity index (χ3v) is 2.70. The van der Waals surface area contributed by atoms with Gasteiger partial charge >= 0.3 is 0 Å². The van der Waals surface area contributed by atoms with E-state index >= 15 is 0 Å². The van der Waals surface area contributed by atoms with Gasteiger partial charge < -0.3 is 10.4 Å². The fourth-order valence-corrected chi connectivity index (χ4v) is 1.88. The van der Waals surface area contributed by atoms with Gasteiger partial charge in [-0.15, -0.1) is 0 Å². The second-order valence-corrected chi connectivity index (χ2v) is 3.69. The monoisotopic (exact) mass is 195 g/mol. The summed E-state index contributed by atoms with van der Waals surface area (Å²) in [5.41, 5.74) is 0.333. The minimum absolute atomic E-state index is 0.333. The lowest BCUT2D eigenvalue weighted by molar-refractivity contribution is -0.120. The lowest BCUT2D eigenvalue weighted by atomic mass is 9.98. The van der Waals surface area contributed by atoms with Crippen molar-refractivity contribution < 1.29 is 9.50 Å². The van der Waals surface area contributed by atoms with E-state index < -0.39 is 11.9 Å². The summed E-state index contributed by atoms with van der Waals surface area (Å²) >= 11 is 0. The lowest BCUT2D eigenvalue weighted by Crippen LogP contribution is -2.41. The van der Waals surface area contributed by atoms with Crippen molar-refractivity contribution in [3.8, 4) is 0 Å². The van der Waals surface area contributed by atoms with Crippen LogP contribution in [0.25, 0.3) is 0 Å². The van der Waals surface area contributed by atoms with Crippen LogP contribution in [0.3, 0.4) is 0 Å². The third kappa shape index (κ3) is 1.65. The van der Waals surface area contributed by atoms with Crippen LogP contribution in [0.15, 0.2) is 30.3 Å². The quantitative estimate of drug-likeness (QED) is 0.750. The van der Waals surface area contributed by atoms with Gasteiger partial charge in [-0.1, -0.05) is 30.3 Å². The van der Waals surface area contributed by atoms with Crippen molar-refractivity contribution in [3.05, 3.63) is 35.9 Å². The van der Waals surface area contributed by atoms with E-state index in [1.54, 1.807) is 24.3 Å². The molecule has 0 saturated carbocycles. The molecule has 0 radical (unpaired) electrons. The Bertz CT molecular complexity index is 293. The molecule has 3 heteroatoms. The molecule has 0 unspecified atom stereocenters. The third-order valence-electron chi connectivity index (χ3n) is 2.70. The highest BCUT2D eigenvalue weighted by Gasteiger charge is 2.39. The highest BCUT2D eigenvalue weighted by molar-refractivity contribution is 5.22. The Labute approximate surface area is 82.8 Å². The number of rotatable bonds is 2. The van der Waals surface area contributed by atoms with Gasteiger partial charge in [0.05, 0.1) is 6.04 Å². The van der Waals surface area contributed by atoms with Crippen LogP contribution in [0, 0.1) is 0 Å². The van der Waals surface area contributed by atoms with Crippen LogP contribution >= 0.6 is 0 Å². The Morgan fingerprint density at radius 3 is 2.64 bits per heavy atom. The van der Waals surface area contributed by atoms with Gasteiger partial charge in [0.1, 0.15) is 0 Å². The van der Waals surface area contributed by atoms with E-state index in [2.05, 4.69) is 5.32 Å². The number of hydrogen-bond acceptors (Lipinski definition) is 2. The zero-order valence-electron chi connectivity index (χ0n) is 7.91. The minimum atomic E-state index is -2.24. The molecule has 0 bridgehead atoms. The summed E-state index contributed by atoms with van der Waals surface area (Å²) in [5, 5.41) is 12.7. The summed E-state index contributed by atoms with van der Waals surface area (Å²) < 4.78 is 14.0. The van der Waals surface area contributed by atoms with E-state index in [4.69, 9.17) is 0 Å². The van der Waals surface area contributed by atoms with Crippen LogP contribution in [0.2, 0.25) is 0 Å². The first kappa shape index (κ1) is 9.62. The molecular formula is C11H14FNO. The molecule has 2 rings (SSSR count). The summed E-state index contributed by atoms with van der Waals surface area (Å²) in [7, 11) is 0. The maximum atomic E-state index is 14.0. The summed E-state index contributed by atoms with van der Waals surface area (Å²) in [5.74, 6) is -2.24. The average Bonchev–Trinajstić information content (AvgIpc) is 2.72.